The highest BCUT2D eigenvalue weighted by atomic mass is 19.4. The first-order valence-corrected chi connectivity index (χ1v) is 10.1. The number of aliphatic hydroxyl groups is 1. The molecule has 1 saturated heterocycles. The predicted octanol–water partition coefficient (Wildman–Crippen LogP) is 2.16. The van der Waals surface area contributed by atoms with Gasteiger partial charge in [-0.05, 0) is 25.1 Å². The molecule has 1 atom stereocenters. The molecule has 1 aliphatic heterocycles. The molecule has 0 aliphatic carbocycles. The number of halogens is 3. The van der Waals surface area contributed by atoms with Crippen LogP contribution in [0.1, 0.15) is 17.7 Å². The molecule has 4 N–H and O–H groups in total. The van der Waals surface area contributed by atoms with E-state index in [1.165, 1.54) is 4.90 Å². The minimum Gasteiger partial charge on any atom is -0.475 e. The third-order valence-corrected chi connectivity index (χ3v) is 5.01. The first kappa shape index (κ1) is 25.4. The summed E-state index contributed by atoms with van der Waals surface area (Å²) in [5.74, 6) is 3.37. The second-order valence-electron chi connectivity index (χ2n) is 7.75. The Morgan fingerprint density at radius 2 is 1.94 bits per heavy atom. The van der Waals surface area contributed by atoms with Crippen LogP contribution in [0.3, 0.4) is 0 Å². The van der Waals surface area contributed by atoms with Crippen LogP contribution >= 0.6 is 0 Å². The Kier molecular flexibility index (Phi) is 6.93. The van der Waals surface area contributed by atoms with Crippen molar-refractivity contribution >= 4 is 28.6 Å². The topological polar surface area (TPSA) is 143 Å². The van der Waals surface area contributed by atoms with E-state index >= 15 is 0 Å². The zero-order valence-electron chi connectivity index (χ0n) is 18.6. The SMILES string of the molecule is Cc1cc2cnc(-c3cccc(C#C[C@]4(O)CCN(C)C4=O)c3)nc2c(N)n1.O=C(O)C(F)(F)F. The van der Waals surface area contributed by atoms with Crippen molar-refractivity contribution in [2.24, 2.45) is 0 Å². The minimum absolute atomic E-state index is 0.300. The molecule has 1 amide bonds. The van der Waals surface area contributed by atoms with Crippen LogP contribution in [0.5, 0.6) is 0 Å². The number of pyridine rings is 1. The van der Waals surface area contributed by atoms with Gasteiger partial charge in [-0.1, -0.05) is 24.0 Å². The number of rotatable bonds is 1. The molecule has 0 bridgehead atoms. The van der Waals surface area contributed by atoms with E-state index in [4.69, 9.17) is 15.6 Å². The monoisotopic (exact) mass is 487 g/mol. The van der Waals surface area contributed by atoms with Gasteiger partial charge in [-0.3, -0.25) is 4.79 Å². The molecule has 1 aromatic carbocycles. The van der Waals surface area contributed by atoms with E-state index in [0.29, 0.717) is 35.7 Å². The number of hydrogen-bond acceptors (Lipinski definition) is 7. The van der Waals surface area contributed by atoms with Crippen molar-refractivity contribution in [2.45, 2.75) is 25.1 Å². The van der Waals surface area contributed by atoms with Gasteiger partial charge in [0.15, 0.2) is 5.82 Å². The van der Waals surface area contributed by atoms with Gasteiger partial charge < -0.3 is 20.8 Å². The van der Waals surface area contributed by atoms with Crippen molar-refractivity contribution in [3.8, 4) is 23.2 Å². The van der Waals surface area contributed by atoms with Gasteiger partial charge >= 0.3 is 12.1 Å². The Labute approximate surface area is 197 Å². The number of anilines is 1. The van der Waals surface area contributed by atoms with Gasteiger partial charge in [-0.15, -0.1) is 0 Å². The Balaban J connectivity index is 0.000000429. The lowest BCUT2D eigenvalue weighted by atomic mass is 10.0. The lowest BCUT2D eigenvalue weighted by Crippen LogP contribution is -2.37. The van der Waals surface area contributed by atoms with E-state index in [9.17, 15) is 23.1 Å². The zero-order valence-corrected chi connectivity index (χ0v) is 18.6. The highest BCUT2D eigenvalue weighted by Crippen LogP contribution is 2.24. The fourth-order valence-electron chi connectivity index (χ4n) is 3.22. The molecule has 9 nitrogen and oxygen atoms in total. The van der Waals surface area contributed by atoms with Gasteiger partial charge in [0.25, 0.3) is 5.91 Å². The summed E-state index contributed by atoms with van der Waals surface area (Å²) in [4.78, 5) is 35.6. The van der Waals surface area contributed by atoms with E-state index in [0.717, 1.165) is 16.6 Å². The van der Waals surface area contributed by atoms with Crippen molar-refractivity contribution in [3.63, 3.8) is 0 Å². The van der Waals surface area contributed by atoms with Crippen LogP contribution < -0.4 is 5.73 Å². The average Bonchev–Trinajstić information content (AvgIpc) is 3.05. The standard InChI is InChI=1S/C21H19N5O2.C2HF3O2/c1-13-10-16-12-23-19(25-17(16)18(22)24-13)15-5-3-4-14(11-15)6-7-21(28)8-9-26(2)20(21)27;3-2(4,5)1(6)7/h3-5,10-12,28H,8-9H2,1-2H3,(H2,22,24);(H,6,7)/t21-;/m0./s1. The Morgan fingerprint density at radius 1 is 1.26 bits per heavy atom. The van der Waals surface area contributed by atoms with Gasteiger partial charge in [-0.25, -0.2) is 19.7 Å². The summed E-state index contributed by atoms with van der Waals surface area (Å²) >= 11 is 0. The number of likely N-dealkylation sites (tertiary alicyclic amines) is 1. The number of benzene rings is 1. The fourth-order valence-corrected chi connectivity index (χ4v) is 3.22. The van der Waals surface area contributed by atoms with Crippen LogP contribution in [-0.2, 0) is 9.59 Å². The number of aryl methyl sites for hydroxylation is 1. The number of nitrogen functional groups attached to an aromatic ring is 1. The van der Waals surface area contributed by atoms with E-state index in [2.05, 4.69) is 26.8 Å². The van der Waals surface area contributed by atoms with Gasteiger partial charge in [0, 0.05) is 48.4 Å². The summed E-state index contributed by atoms with van der Waals surface area (Å²) in [6, 6.07) is 9.21. The molecule has 35 heavy (non-hydrogen) atoms. The molecule has 12 heteroatoms. The average molecular weight is 487 g/mol. The molecule has 3 heterocycles. The number of carbonyl (C=O) groups excluding carboxylic acids is 1. The first-order chi connectivity index (χ1) is 16.3. The highest BCUT2D eigenvalue weighted by Gasteiger charge is 2.42. The molecular weight excluding hydrogens is 467 g/mol. The van der Waals surface area contributed by atoms with Crippen molar-refractivity contribution in [1.29, 1.82) is 0 Å². The van der Waals surface area contributed by atoms with Gasteiger partial charge in [0.2, 0.25) is 5.60 Å². The number of nitrogens with two attached hydrogens (primary N) is 1. The fraction of sp³-hybridized carbons (Fsp3) is 0.261. The van der Waals surface area contributed by atoms with Gasteiger partial charge in [0.1, 0.15) is 11.3 Å². The molecule has 2 aromatic heterocycles. The number of likely N-dealkylation sites (N-methyl/N-ethyl adjacent to an activating group) is 1. The minimum atomic E-state index is -5.08. The summed E-state index contributed by atoms with van der Waals surface area (Å²) in [6.45, 7) is 2.36. The van der Waals surface area contributed by atoms with Crippen molar-refractivity contribution in [3.05, 3.63) is 47.8 Å². The van der Waals surface area contributed by atoms with Crippen LogP contribution in [0.15, 0.2) is 36.5 Å². The molecule has 0 spiro atoms. The lowest BCUT2D eigenvalue weighted by Gasteiger charge is -2.13. The largest absolute Gasteiger partial charge is 0.490 e. The number of aliphatic carboxylic acids is 1. The second-order valence-corrected chi connectivity index (χ2v) is 7.75. The van der Waals surface area contributed by atoms with E-state index in [1.807, 2.05) is 37.3 Å². The van der Waals surface area contributed by atoms with Crippen LogP contribution in [0.4, 0.5) is 19.0 Å². The van der Waals surface area contributed by atoms with Crippen LogP contribution in [-0.4, -0.2) is 67.3 Å². The number of carboxylic acid groups (broad SMARTS) is 1. The molecule has 1 aliphatic rings. The van der Waals surface area contributed by atoms with Crippen molar-refractivity contribution < 1.29 is 33.0 Å². The van der Waals surface area contributed by atoms with Crippen LogP contribution in [0, 0.1) is 18.8 Å². The van der Waals surface area contributed by atoms with Crippen LogP contribution in [0.25, 0.3) is 22.3 Å². The van der Waals surface area contributed by atoms with E-state index in [1.54, 1.807) is 13.2 Å². The maximum Gasteiger partial charge on any atom is 0.490 e. The molecule has 3 aromatic rings. The normalized spacial score (nSPS) is 17.4. The lowest BCUT2D eigenvalue weighted by molar-refractivity contribution is -0.192. The third-order valence-electron chi connectivity index (χ3n) is 5.01. The summed E-state index contributed by atoms with van der Waals surface area (Å²) in [7, 11) is 1.65. The summed E-state index contributed by atoms with van der Waals surface area (Å²) in [6.07, 6.45) is -3.06. The van der Waals surface area contributed by atoms with E-state index in [-0.39, 0.29) is 5.91 Å². The Hall–Kier alpha value is -4.24. The zero-order chi connectivity index (χ0) is 26.0. The molecule has 182 valence electrons. The number of alkyl halides is 3. The molecule has 1 fully saturated rings. The number of fused-ring (bicyclic) bond motifs is 1. The predicted molar refractivity (Wildman–Crippen MR) is 120 cm³/mol. The Bertz CT molecular complexity index is 1370. The van der Waals surface area contributed by atoms with Crippen molar-refractivity contribution in [2.75, 3.05) is 19.3 Å². The van der Waals surface area contributed by atoms with Gasteiger partial charge in [-0.2, -0.15) is 13.2 Å². The smallest absolute Gasteiger partial charge is 0.475 e. The van der Waals surface area contributed by atoms with Crippen LogP contribution in [0.2, 0.25) is 0 Å². The maximum atomic E-state index is 12.1. The molecule has 0 saturated carbocycles. The summed E-state index contributed by atoms with van der Waals surface area (Å²) in [5.41, 5.74) is 7.21. The molecular formula is C23H20F3N5O4. The third kappa shape index (κ3) is 5.82. The van der Waals surface area contributed by atoms with E-state index < -0.39 is 17.7 Å². The first-order valence-electron chi connectivity index (χ1n) is 10.1. The number of nitrogens with zero attached hydrogens (tertiary/aromatic N) is 4. The Morgan fingerprint density at radius 3 is 2.54 bits per heavy atom. The molecule has 0 radical (unpaired) electrons. The summed E-state index contributed by atoms with van der Waals surface area (Å²) in [5, 5.41) is 18.4. The quantitative estimate of drug-likeness (QED) is 0.443. The number of hydrogen-bond donors (Lipinski definition) is 3. The molecule has 0 unspecified atom stereocenters. The number of carbonyl (C=O) groups is 2. The number of amides is 1. The highest BCUT2D eigenvalue weighted by molar-refractivity contribution is 5.90. The maximum absolute atomic E-state index is 12.1. The van der Waals surface area contributed by atoms with Crippen molar-refractivity contribution in [1.82, 2.24) is 19.9 Å². The summed E-state index contributed by atoms with van der Waals surface area (Å²) < 4.78 is 31.7. The second kappa shape index (κ2) is 9.55. The number of aromatic nitrogens is 3. The molecule has 4 rings (SSSR count). The van der Waals surface area contributed by atoms with Gasteiger partial charge in [0.05, 0.1) is 0 Å². The number of carboxylic acids is 1.